The maximum Gasteiger partial charge on any atom is 0.417 e. The van der Waals surface area contributed by atoms with Gasteiger partial charge in [0.1, 0.15) is 0 Å². The van der Waals surface area contributed by atoms with Crippen LogP contribution in [0.1, 0.15) is 85.8 Å². The molecule has 0 saturated carbocycles. The number of alkyl halides is 3. The Morgan fingerprint density at radius 3 is 2.48 bits per heavy atom. The normalized spacial score (nSPS) is 21.1. The Kier molecular flexibility index (Phi) is 9.17. The second-order valence-electron chi connectivity index (χ2n) is 10.9. The number of hydrogen-bond acceptors (Lipinski definition) is 4. The Balaban J connectivity index is 1.54. The fourth-order valence-electron chi connectivity index (χ4n) is 6.48. The third-order valence-electron chi connectivity index (χ3n) is 8.49. The molecule has 4 rings (SSSR count). The van der Waals surface area contributed by atoms with E-state index in [9.17, 15) is 28.0 Å². The third kappa shape index (κ3) is 5.86. The maximum absolute atomic E-state index is 13.9. The summed E-state index contributed by atoms with van der Waals surface area (Å²) >= 11 is 0. The zero-order valence-corrected chi connectivity index (χ0v) is 23.2. The molecular weight excluding hydrogens is 517 g/mol. The summed E-state index contributed by atoms with van der Waals surface area (Å²) in [5.74, 6) is -1.30. The lowest BCUT2D eigenvalue weighted by Crippen LogP contribution is -2.55. The van der Waals surface area contributed by atoms with Crippen LogP contribution in [0.25, 0.3) is 0 Å². The van der Waals surface area contributed by atoms with Gasteiger partial charge >= 0.3 is 6.18 Å². The molecule has 0 bridgehead atoms. The fraction of sp³-hybridized carbons (Fsp3) is 0.548. The number of nitrogens with zero attached hydrogens (tertiary/aromatic N) is 4. The number of hydrogen-bond donors (Lipinski definition) is 0. The van der Waals surface area contributed by atoms with E-state index in [1.54, 1.807) is 4.90 Å². The van der Waals surface area contributed by atoms with Crippen LogP contribution in [0.4, 0.5) is 13.2 Å². The summed E-state index contributed by atoms with van der Waals surface area (Å²) in [6, 6.07) is 11.0. The van der Waals surface area contributed by atoms with Crippen molar-refractivity contribution in [3.05, 3.63) is 65.0 Å². The highest BCUT2D eigenvalue weighted by molar-refractivity contribution is 5.96. The molecule has 2 amide bonds. The van der Waals surface area contributed by atoms with Gasteiger partial charge in [-0.25, -0.2) is 0 Å². The highest BCUT2D eigenvalue weighted by Gasteiger charge is 2.45. The minimum absolute atomic E-state index is 0.0773. The Morgan fingerprint density at radius 2 is 1.82 bits per heavy atom. The molecule has 2 atom stereocenters. The summed E-state index contributed by atoms with van der Waals surface area (Å²) in [7, 11) is 0. The van der Waals surface area contributed by atoms with Crippen molar-refractivity contribution in [1.29, 1.82) is 5.26 Å². The van der Waals surface area contributed by atoms with Crippen LogP contribution in [0.15, 0.2) is 42.7 Å². The maximum atomic E-state index is 13.9. The molecule has 2 aliphatic heterocycles. The lowest BCUT2D eigenvalue weighted by atomic mass is 9.71. The van der Waals surface area contributed by atoms with Gasteiger partial charge in [0.25, 0.3) is 5.91 Å². The SMILES string of the molecule is CCCc1ccccc1C1(C#N)CCN(C(=O)C2CCCN(C(=O)c3cnccc3C(F)(F)F)C2CCC)CC1. The largest absolute Gasteiger partial charge is 0.417 e. The van der Waals surface area contributed by atoms with Gasteiger partial charge in [0.2, 0.25) is 5.91 Å². The van der Waals surface area contributed by atoms with E-state index in [4.69, 9.17) is 0 Å². The van der Waals surface area contributed by atoms with Gasteiger partial charge in [-0.2, -0.15) is 18.4 Å². The minimum Gasteiger partial charge on any atom is -0.342 e. The Hall–Kier alpha value is -3.41. The molecule has 6 nitrogen and oxygen atoms in total. The summed E-state index contributed by atoms with van der Waals surface area (Å²) in [6.45, 7) is 5.21. The summed E-state index contributed by atoms with van der Waals surface area (Å²) in [5.41, 5.74) is 0.0649. The number of likely N-dealkylation sites (tertiary alicyclic amines) is 2. The first-order chi connectivity index (χ1) is 19.2. The topological polar surface area (TPSA) is 77.3 Å². The predicted octanol–water partition coefficient (Wildman–Crippen LogP) is 6.16. The molecule has 2 aliphatic rings. The van der Waals surface area contributed by atoms with Crippen molar-refractivity contribution in [2.24, 2.45) is 5.92 Å². The Morgan fingerprint density at radius 1 is 1.10 bits per heavy atom. The van der Waals surface area contributed by atoms with Crippen LogP contribution in [-0.4, -0.2) is 52.3 Å². The number of nitriles is 1. The van der Waals surface area contributed by atoms with Crippen LogP contribution in [0.3, 0.4) is 0 Å². The molecule has 9 heteroatoms. The molecule has 0 N–H and O–H groups in total. The lowest BCUT2D eigenvalue weighted by Gasteiger charge is -2.45. The van der Waals surface area contributed by atoms with Crippen molar-refractivity contribution in [3.8, 4) is 6.07 Å². The second kappa shape index (κ2) is 12.4. The van der Waals surface area contributed by atoms with Gasteiger partial charge in [0.05, 0.1) is 28.5 Å². The van der Waals surface area contributed by atoms with E-state index < -0.39 is 40.6 Å². The third-order valence-corrected chi connectivity index (χ3v) is 8.49. The second-order valence-corrected chi connectivity index (χ2v) is 10.9. The number of piperidine rings is 2. The molecule has 0 spiro atoms. The van der Waals surface area contributed by atoms with E-state index in [2.05, 4.69) is 24.0 Å². The lowest BCUT2D eigenvalue weighted by molar-refractivity contribution is -0.141. The molecule has 2 unspecified atom stereocenters. The van der Waals surface area contributed by atoms with E-state index >= 15 is 0 Å². The van der Waals surface area contributed by atoms with Crippen LogP contribution in [0.2, 0.25) is 0 Å². The molecule has 2 saturated heterocycles. The van der Waals surface area contributed by atoms with Gasteiger partial charge in [-0.3, -0.25) is 14.6 Å². The van der Waals surface area contributed by atoms with Crippen molar-refractivity contribution < 1.29 is 22.8 Å². The van der Waals surface area contributed by atoms with Crippen LogP contribution >= 0.6 is 0 Å². The molecule has 2 fully saturated rings. The molecule has 0 aliphatic carbocycles. The molecule has 2 aromatic rings. The van der Waals surface area contributed by atoms with Gasteiger partial charge in [-0.15, -0.1) is 0 Å². The van der Waals surface area contributed by atoms with E-state index in [1.807, 2.05) is 25.1 Å². The average molecular weight is 555 g/mol. The number of rotatable bonds is 7. The highest BCUT2D eigenvalue weighted by atomic mass is 19.4. The molecule has 0 radical (unpaired) electrons. The minimum atomic E-state index is -4.68. The number of amides is 2. The molecular formula is C31H37F3N4O2. The highest BCUT2D eigenvalue weighted by Crippen LogP contribution is 2.39. The first kappa shape index (κ1) is 29.6. The number of carbonyl (C=O) groups excluding carboxylic acids is 2. The van der Waals surface area contributed by atoms with Gasteiger partial charge in [-0.1, -0.05) is 51.0 Å². The number of carbonyl (C=O) groups is 2. The Bertz CT molecular complexity index is 1250. The number of benzene rings is 1. The van der Waals surface area contributed by atoms with E-state index in [1.165, 1.54) is 10.5 Å². The molecule has 3 heterocycles. The quantitative estimate of drug-likeness (QED) is 0.411. The molecule has 1 aromatic heterocycles. The van der Waals surface area contributed by atoms with Gasteiger partial charge < -0.3 is 9.80 Å². The van der Waals surface area contributed by atoms with Crippen LogP contribution in [0, 0.1) is 17.2 Å². The molecule has 1 aromatic carbocycles. The fourth-order valence-corrected chi connectivity index (χ4v) is 6.48. The van der Waals surface area contributed by atoms with Crippen LogP contribution in [-0.2, 0) is 22.8 Å². The summed E-state index contributed by atoms with van der Waals surface area (Å²) in [5, 5.41) is 10.3. The van der Waals surface area contributed by atoms with Crippen molar-refractivity contribution in [2.75, 3.05) is 19.6 Å². The summed E-state index contributed by atoms with van der Waals surface area (Å²) in [4.78, 5) is 34.4. The van der Waals surface area contributed by atoms with E-state index in [0.29, 0.717) is 58.2 Å². The van der Waals surface area contributed by atoms with Crippen LogP contribution < -0.4 is 0 Å². The van der Waals surface area contributed by atoms with Crippen molar-refractivity contribution >= 4 is 11.8 Å². The molecule has 40 heavy (non-hydrogen) atoms. The van der Waals surface area contributed by atoms with Gasteiger partial charge in [0, 0.05) is 38.1 Å². The summed E-state index contributed by atoms with van der Waals surface area (Å²) < 4.78 is 41.0. The standard InChI is InChI=1S/C31H37F3N4O2/c1-3-8-22-10-5-6-12-25(22)30(21-35)14-18-37(19-15-30)28(39)23-11-7-17-38(27(23)9-4-2)29(40)24-20-36-16-13-26(24)31(32,33)34/h5-6,10,12-13,16,20,23,27H,3-4,7-9,11,14-15,17-19H2,1-2H3. The van der Waals surface area contributed by atoms with Crippen LogP contribution in [0.5, 0.6) is 0 Å². The van der Waals surface area contributed by atoms with Crippen molar-refractivity contribution in [3.63, 3.8) is 0 Å². The average Bonchev–Trinajstić information content (AvgIpc) is 2.97. The predicted molar refractivity (Wildman–Crippen MR) is 145 cm³/mol. The smallest absolute Gasteiger partial charge is 0.342 e. The zero-order valence-electron chi connectivity index (χ0n) is 23.2. The zero-order chi connectivity index (χ0) is 28.9. The number of aryl methyl sites for hydroxylation is 1. The van der Waals surface area contributed by atoms with Gasteiger partial charge in [-0.05, 0) is 55.7 Å². The van der Waals surface area contributed by atoms with E-state index in [-0.39, 0.29) is 5.91 Å². The number of aromatic nitrogens is 1. The first-order valence-electron chi connectivity index (χ1n) is 14.3. The van der Waals surface area contributed by atoms with Crippen molar-refractivity contribution in [1.82, 2.24) is 14.8 Å². The first-order valence-corrected chi connectivity index (χ1v) is 14.3. The monoisotopic (exact) mass is 554 g/mol. The number of halogens is 3. The summed E-state index contributed by atoms with van der Waals surface area (Å²) in [6.07, 6.45) is 2.54. The molecule has 214 valence electrons. The number of pyridine rings is 1. The van der Waals surface area contributed by atoms with Gasteiger partial charge in [0.15, 0.2) is 0 Å². The van der Waals surface area contributed by atoms with E-state index in [0.717, 1.165) is 36.9 Å². The van der Waals surface area contributed by atoms with Crippen molar-refractivity contribution in [2.45, 2.75) is 82.8 Å². The Labute approximate surface area is 234 Å².